The predicted molar refractivity (Wildman–Crippen MR) is 63.3 cm³/mol. The normalized spacial score (nSPS) is 22.6. The van der Waals surface area contributed by atoms with E-state index < -0.39 is 0 Å². The average molecular weight is 198 g/mol. The summed E-state index contributed by atoms with van der Waals surface area (Å²) >= 11 is 2.10. The molecule has 76 valence electrons. The molecule has 1 heteroatoms. The summed E-state index contributed by atoms with van der Waals surface area (Å²) in [4.78, 5) is 0. The van der Waals surface area contributed by atoms with E-state index >= 15 is 0 Å². The fourth-order valence-corrected chi connectivity index (χ4v) is 3.92. The first kappa shape index (κ1) is 11.2. The molecule has 0 N–H and O–H groups in total. The van der Waals surface area contributed by atoms with Crippen molar-refractivity contribution in [3.63, 3.8) is 0 Å². The lowest BCUT2D eigenvalue weighted by atomic mass is 9.76. The molecule has 0 unspecified atom stereocenters. The maximum atomic E-state index is 2.39. The highest BCUT2D eigenvalue weighted by Crippen LogP contribution is 2.42. The summed E-state index contributed by atoms with van der Waals surface area (Å²) in [5, 5.41) is 0. The SMILES string of the molecule is CCC1=C(C(C)C)C(C)(C)CSC1. The van der Waals surface area contributed by atoms with Gasteiger partial charge in [0, 0.05) is 11.5 Å². The van der Waals surface area contributed by atoms with Gasteiger partial charge in [0.05, 0.1) is 0 Å². The monoisotopic (exact) mass is 198 g/mol. The van der Waals surface area contributed by atoms with Gasteiger partial charge in [0.2, 0.25) is 0 Å². The van der Waals surface area contributed by atoms with Crippen LogP contribution in [0, 0.1) is 11.3 Å². The molecular weight excluding hydrogens is 176 g/mol. The summed E-state index contributed by atoms with van der Waals surface area (Å²) < 4.78 is 0. The fourth-order valence-electron chi connectivity index (χ4n) is 2.55. The highest BCUT2D eigenvalue weighted by molar-refractivity contribution is 7.99. The van der Waals surface area contributed by atoms with Crippen molar-refractivity contribution in [1.29, 1.82) is 0 Å². The highest BCUT2D eigenvalue weighted by Gasteiger charge is 2.30. The molecule has 0 fully saturated rings. The van der Waals surface area contributed by atoms with Crippen LogP contribution in [-0.4, -0.2) is 11.5 Å². The molecule has 1 heterocycles. The second kappa shape index (κ2) is 4.08. The third-order valence-electron chi connectivity index (χ3n) is 2.85. The standard InChI is InChI=1S/C12H22S/c1-6-10-7-13-8-12(4,5)11(10)9(2)3/h9H,6-8H2,1-5H3. The van der Waals surface area contributed by atoms with Crippen LogP contribution >= 0.6 is 11.8 Å². The van der Waals surface area contributed by atoms with Crippen molar-refractivity contribution in [3.8, 4) is 0 Å². The fraction of sp³-hybridized carbons (Fsp3) is 0.833. The second-order valence-corrected chi connectivity index (χ2v) is 5.89. The van der Waals surface area contributed by atoms with Crippen LogP contribution in [0.5, 0.6) is 0 Å². The van der Waals surface area contributed by atoms with Gasteiger partial charge in [0.25, 0.3) is 0 Å². The number of rotatable bonds is 2. The first-order valence-corrected chi connectivity index (χ1v) is 6.44. The summed E-state index contributed by atoms with van der Waals surface area (Å²) in [7, 11) is 0. The minimum atomic E-state index is 0.433. The van der Waals surface area contributed by atoms with Crippen molar-refractivity contribution in [2.75, 3.05) is 11.5 Å². The Balaban J connectivity index is 3.05. The molecule has 0 atom stereocenters. The van der Waals surface area contributed by atoms with Gasteiger partial charge in [-0.1, -0.05) is 45.8 Å². The zero-order valence-electron chi connectivity index (χ0n) is 9.61. The first-order valence-electron chi connectivity index (χ1n) is 5.29. The van der Waals surface area contributed by atoms with Crippen molar-refractivity contribution < 1.29 is 0 Å². The molecule has 0 spiro atoms. The maximum absolute atomic E-state index is 2.39. The molecule has 0 aromatic carbocycles. The Kier molecular flexibility index (Phi) is 3.50. The van der Waals surface area contributed by atoms with E-state index in [1.807, 2.05) is 0 Å². The zero-order valence-corrected chi connectivity index (χ0v) is 10.4. The third-order valence-corrected chi connectivity index (χ3v) is 4.33. The van der Waals surface area contributed by atoms with Crippen molar-refractivity contribution in [2.24, 2.45) is 11.3 Å². The summed E-state index contributed by atoms with van der Waals surface area (Å²) in [6, 6.07) is 0. The van der Waals surface area contributed by atoms with Crippen LogP contribution in [0.4, 0.5) is 0 Å². The number of hydrogen-bond donors (Lipinski definition) is 0. The van der Waals surface area contributed by atoms with Crippen molar-refractivity contribution in [2.45, 2.75) is 41.0 Å². The van der Waals surface area contributed by atoms with Gasteiger partial charge in [0.1, 0.15) is 0 Å². The van der Waals surface area contributed by atoms with Gasteiger partial charge >= 0.3 is 0 Å². The van der Waals surface area contributed by atoms with E-state index in [0.29, 0.717) is 5.41 Å². The van der Waals surface area contributed by atoms with Crippen LogP contribution < -0.4 is 0 Å². The third kappa shape index (κ3) is 2.31. The minimum Gasteiger partial charge on any atom is -0.157 e. The highest BCUT2D eigenvalue weighted by atomic mass is 32.2. The van der Waals surface area contributed by atoms with E-state index in [1.165, 1.54) is 17.9 Å². The smallest absolute Gasteiger partial charge is 0.0146 e. The van der Waals surface area contributed by atoms with Crippen LogP contribution in [0.3, 0.4) is 0 Å². The Labute approximate surface area is 87.2 Å². The number of hydrogen-bond acceptors (Lipinski definition) is 1. The lowest BCUT2D eigenvalue weighted by molar-refractivity contribution is 0.444. The van der Waals surface area contributed by atoms with E-state index in [0.717, 1.165) is 5.92 Å². The molecule has 13 heavy (non-hydrogen) atoms. The predicted octanol–water partition coefficient (Wildman–Crippen LogP) is 4.12. The van der Waals surface area contributed by atoms with Crippen molar-refractivity contribution in [3.05, 3.63) is 11.1 Å². The summed E-state index contributed by atoms with van der Waals surface area (Å²) in [5.41, 5.74) is 3.87. The molecular formula is C12H22S. The molecule has 0 radical (unpaired) electrons. The molecule has 1 rings (SSSR count). The number of thioether (sulfide) groups is 1. The van der Waals surface area contributed by atoms with Gasteiger partial charge in [-0.25, -0.2) is 0 Å². The molecule has 0 nitrogen and oxygen atoms in total. The molecule has 0 bridgehead atoms. The van der Waals surface area contributed by atoms with Gasteiger partial charge in [-0.15, -0.1) is 0 Å². The minimum absolute atomic E-state index is 0.433. The van der Waals surface area contributed by atoms with Crippen LogP contribution in [0.2, 0.25) is 0 Å². The molecule has 0 aliphatic carbocycles. The average Bonchev–Trinajstić information content (AvgIpc) is 2.01. The van der Waals surface area contributed by atoms with Crippen LogP contribution in [0.25, 0.3) is 0 Å². The van der Waals surface area contributed by atoms with Gasteiger partial charge in [0.15, 0.2) is 0 Å². The van der Waals surface area contributed by atoms with Gasteiger partial charge in [-0.3, -0.25) is 0 Å². The second-order valence-electron chi connectivity index (χ2n) is 4.90. The molecule has 1 aliphatic heterocycles. The van der Waals surface area contributed by atoms with E-state index in [1.54, 1.807) is 11.1 Å². The lowest BCUT2D eigenvalue weighted by Crippen LogP contribution is -2.27. The van der Waals surface area contributed by atoms with E-state index in [2.05, 4.69) is 46.4 Å². The molecule has 0 saturated heterocycles. The Morgan fingerprint density at radius 1 is 1.38 bits per heavy atom. The van der Waals surface area contributed by atoms with E-state index in [-0.39, 0.29) is 0 Å². The molecule has 0 saturated carbocycles. The van der Waals surface area contributed by atoms with Crippen molar-refractivity contribution >= 4 is 11.8 Å². The topological polar surface area (TPSA) is 0 Å². The van der Waals surface area contributed by atoms with Crippen molar-refractivity contribution in [1.82, 2.24) is 0 Å². The van der Waals surface area contributed by atoms with Gasteiger partial charge in [-0.05, 0) is 17.8 Å². The molecule has 0 aromatic rings. The first-order chi connectivity index (χ1) is 5.99. The summed E-state index contributed by atoms with van der Waals surface area (Å²) in [6.07, 6.45) is 1.24. The largest absolute Gasteiger partial charge is 0.157 e. The quantitative estimate of drug-likeness (QED) is 0.601. The molecule has 1 aliphatic rings. The Morgan fingerprint density at radius 3 is 2.38 bits per heavy atom. The Bertz CT molecular complexity index is 211. The van der Waals surface area contributed by atoms with Gasteiger partial charge in [-0.2, -0.15) is 11.8 Å². The zero-order chi connectivity index (χ0) is 10.1. The van der Waals surface area contributed by atoms with Gasteiger partial charge < -0.3 is 0 Å². The maximum Gasteiger partial charge on any atom is 0.0146 e. The number of allylic oxidation sites excluding steroid dienone is 1. The summed E-state index contributed by atoms with van der Waals surface area (Å²) in [6.45, 7) is 11.7. The van der Waals surface area contributed by atoms with E-state index in [4.69, 9.17) is 0 Å². The summed E-state index contributed by atoms with van der Waals surface area (Å²) in [5.74, 6) is 3.29. The van der Waals surface area contributed by atoms with Crippen LogP contribution in [-0.2, 0) is 0 Å². The Morgan fingerprint density at radius 2 is 2.00 bits per heavy atom. The molecule has 0 aromatic heterocycles. The lowest BCUT2D eigenvalue weighted by Gasteiger charge is -2.37. The van der Waals surface area contributed by atoms with Crippen LogP contribution in [0.1, 0.15) is 41.0 Å². The molecule has 0 amide bonds. The Hall–Kier alpha value is 0.0900. The van der Waals surface area contributed by atoms with E-state index in [9.17, 15) is 0 Å². The van der Waals surface area contributed by atoms with Crippen LogP contribution in [0.15, 0.2) is 11.1 Å².